The van der Waals surface area contributed by atoms with Gasteiger partial charge in [-0.15, -0.1) is 0 Å². The van der Waals surface area contributed by atoms with Crippen molar-refractivity contribution in [3.8, 4) is 0 Å². The van der Waals surface area contributed by atoms with Gasteiger partial charge in [0.1, 0.15) is 0 Å². The zero-order valence-corrected chi connectivity index (χ0v) is 5.39. The second-order valence-corrected chi connectivity index (χ2v) is 2.13. The maximum atomic E-state index is 2.97. The lowest BCUT2D eigenvalue weighted by Crippen LogP contribution is -2.38. The predicted octanol–water partition coefficient (Wildman–Crippen LogP) is -0.853. The SMILES string of the molecule is [C]1=c2ccccc2=CNN1. The molecule has 2 nitrogen and oxygen atoms in total. The molecule has 10 heavy (non-hydrogen) atoms. The lowest BCUT2D eigenvalue weighted by atomic mass is 10.2. The third-order valence-corrected chi connectivity index (χ3v) is 1.46. The number of benzene rings is 1. The van der Waals surface area contributed by atoms with Crippen LogP contribution in [0.5, 0.6) is 0 Å². The van der Waals surface area contributed by atoms with Crippen molar-refractivity contribution in [1.82, 2.24) is 10.9 Å². The molecule has 0 aromatic heterocycles. The van der Waals surface area contributed by atoms with Crippen molar-refractivity contribution in [2.75, 3.05) is 0 Å². The van der Waals surface area contributed by atoms with Crippen molar-refractivity contribution in [3.63, 3.8) is 0 Å². The Morgan fingerprint density at radius 1 is 1.20 bits per heavy atom. The van der Waals surface area contributed by atoms with Gasteiger partial charge in [-0.05, 0) is 0 Å². The number of nitrogens with one attached hydrogen (secondary N) is 2. The van der Waals surface area contributed by atoms with Crippen molar-refractivity contribution < 1.29 is 0 Å². The number of hydrogen-bond donors (Lipinski definition) is 2. The molecule has 0 bridgehead atoms. The van der Waals surface area contributed by atoms with Crippen LogP contribution in [0, 0.1) is 0 Å². The van der Waals surface area contributed by atoms with Gasteiger partial charge >= 0.3 is 0 Å². The van der Waals surface area contributed by atoms with Crippen molar-refractivity contribution >= 4 is 12.4 Å². The molecule has 0 saturated heterocycles. The van der Waals surface area contributed by atoms with Gasteiger partial charge in [0, 0.05) is 16.6 Å². The average molecular weight is 131 g/mol. The molecule has 1 aliphatic heterocycles. The third-order valence-electron chi connectivity index (χ3n) is 1.46. The maximum Gasteiger partial charge on any atom is 0.0874 e. The molecule has 1 aliphatic rings. The van der Waals surface area contributed by atoms with Crippen molar-refractivity contribution in [1.29, 1.82) is 0 Å². The molecule has 2 N–H and O–H groups in total. The van der Waals surface area contributed by atoms with E-state index in [2.05, 4.69) is 17.1 Å². The highest BCUT2D eigenvalue weighted by Crippen LogP contribution is 1.72. The lowest BCUT2D eigenvalue weighted by Gasteiger charge is -2.02. The minimum atomic E-state index is 1.10. The minimum absolute atomic E-state index is 1.10. The van der Waals surface area contributed by atoms with E-state index in [0.29, 0.717) is 0 Å². The van der Waals surface area contributed by atoms with Crippen LogP contribution in [0.3, 0.4) is 0 Å². The summed E-state index contributed by atoms with van der Waals surface area (Å²) in [5.74, 6) is 0. The molecule has 0 unspecified atom stereocenters. The summed E-state index contributed by atoms with van der Waals surface area (Å²) in [6.07, 6.45) is 4.88. The molecule has 0 aliphatic carbocycles. The van der Waals surface area contributed by atoms with E-state index in [1.165, 1.54) is 5.22 Å². The summed E-state index contributed by atoms with van der Waals surface area (Å²) in [6, 6.07) is 8.05. The topological polar surface area (TPSA) is 24.1 Å². The van der Waals surface area contributed by atoms with Crippen LogP contribution < -0.4 is 21.3 Å². The van der Waals surface area contributed by atoms with Gasteiger partial charge in [0.25, 0.3) is 0 Å². The van der Waals surface area contributed by atoms with Crippen LogP contribution in [0.1, 0.15) is 0 Å². The Hall–Kier alpha value is -1.44. The van der Waals surface area contributed by atoms with Crippen LogP contribution >= 0.6 is 0 Å². The highest BCUT2D eigenvalue weighted by Gasteiger charge is 1.87. The van der Waals surface area contributed by atoms with Gasteiger partial charge in [0.15, 0.2) is 0 Å². The quantitative estimate of drug-likeness (QED) is 0.479. The number of hydrazine groups is 1. The molecule has 0 fully saturated rings. The van der Waals surface area contributed by atoms with Gasteiger partial charge in [0.2, 0.25) is 0 Å². The molecular formula is C8H7N2. The van der Waals surface area contributed by atoms with E-state index in [0.717, 1.165) is 5.22 Å². The summed E-state index contributed by atoms with van der Waals surface area (Å²) < 4.78 is 0. The average Bonchev–Trinajstić information content (AvgIpc) is 2.05. The molecule has 1 aromatic rings. The molecule has 0 amide bonds. The summed E-state index contributed by atoms with van der Waals surface area (Å²) in [6.45, 7) is 0. The van der Waals surface area contributed by atoms with Crippen LogP contribution in [0.2, 0.25) is 0 Å². The van der Waals surface area contributed by atoms with E-state index in [-0.39, 0.29) is 0 Å². The van der Waals surface area contributed by atoms with E-state index in [4.69, 9.17) is 0 Å². The second-order valence-electron chi connectivity index (χ2n) is 2.13. The number of rotatable bonds is 0. The standard InChI is InChI=1S/C8H7N2/c1-2-4-8-6-10-9-5-7(8)3-1/h1-5,9-10H. The number of hydrogen-bond acceptors (Lipinski definition) is 2. The summed E-state index contributed by atoms with van der Waals surface area (Å²) in [5, 5.41) is 2.27. The number of fused-ring (bicyclic) bond motifs is 1. The molecule has 1 aromatic carbocycles. The van der Waals surface area contributed by atoms with Crippen LogP contribution in [0.15, 0.2) is 24.3 Å². The molecule has 0 saturated carbocycles. The molecule has 2 rings (SSSR count). The fraction of sp³-hybridized carbons (Fsp3) is 0. The van der Waals surface area contributed by atoms with E-state index in [1.54, 1.807) is 0 Å². The first-order valence-electron chi connectivity index (χ1n) is 3.15. The molecule has 1 heterocycles. The van der Waals surface area contributed by atoms with Crippen molar-refractivity contribution in [3.05, 3.63) is 34.7 Å². The highest BCUT2D eigenvalue weighted by molar-refractivity contribution is 5.33. The molecule has 1 radical (unpaired) electrons. The van der Waals surface area contributed by atoms with Crippen LogP contribution in [0.25, 0.3) is 12.4 Å². The Kier molecular flexibility index (Phi) is 1.10. The summed E-state index contributed by atoms with van der Waals surface area (Å²) in [5.41, 5.74) is 5.64. The summed E-state index contributed by atoms with van der Waals surface area (Å²) in [4.78, 5) is 0. The van der Waals surface area contributed by atoms with Gasteiger partial charge < -0.3 is 5.43 Å². The van der Waals surface area contributed by atoms with Gasteiger partial charge in [-0.2, -0.15) is 0 Å². The van der Waals surface area contributed by atoms with Gasteiger partial charge in [-0.3, -0.25) is 5.43 Å². The fourth-order valence-electron chi connectivity index (χ4n) is 0.954. The molecule has 49 valence electrons. The van der Waals surface area contributed by atoms with Gasteiger partial charge in [0.05, 0.1) is 6.20 Å². The smallest absolute Gasteiger partial charge is 0.0874 e. The molecular weight excluding hydrogens is 124 g/mol. The summed E-state index contributed by atoms with van der Waals surface area (Å²) >= 11 is 0. The molecule has 0 atom stereocenters. The Labute approximate surface area is 58.8 Å². The monoisotopic (exact) mass is 131 g/mol. The van der Waals surface area contributed by atoms with Crippen molar-refractivity contribution in [2.45, 2.75) is 0 Å². The fourth-order valence-corrected chi connectivity index (χ4v) is 0.954. The van der Waals surface area contributed by atoms with Gasteiger partial charge in [-0.25, -0.2) is 0 Å². The lowest BCUT2D eigenvalue weighted by molar-refractivity contribution is 0.844. The Morgan fingerprint density at radius 3 is 3.00 bits per heavy atom. The predicted molar refractivity (Wildman–Crippen MR) is 39.8 cm³/mol. The minimum Gasteiger partial charge on any atom is -0.307 e. The van der Waals surface area contributed by atoms with E-state index < -0.39 is 0 Å². The highest BCUT2D eigenvalue weighted by atomic mass is 15.3. The zero-order valence-electron chi connectivity index (χ0n) is 5.39. The van der Waals surface area contributed by atoms with E-state index in [1.807, 2.05) is 30.5 Å². The van der Waals surface area contributed by atoms with Crippen LogP contribution in [0.4, 0.5) is 0 Å². The van der Waals surface area contributed by atoms with E-state index in [9.17, 15) is 0 Å². The zero-order chi connectivity index (χ0) is 6.81. The summed E-state index contributed by atoms with van der Waals surface area (Å²) in [7, 11) is 0. The van der Waals surface area contributed by atoms with Crippen molar-refractivity contribution in [2.24, 2.45) is 0 Å². The molecule has 0 spiro atoms. The van der Waals surface area contributed by atoms with Crippen LogP contribution in [-0.4, -0.2) is 0 Å². The third kappa shape index (κ3) is 0.739. The Balaban J connectivity index is 2.84. The first-order valence-corrected chi connectivity index (χ1v) is 3.15. The Morgan fingerprint density at radius 2 is 2.10 bits per heavy atom. The van der Waals surface area contributed by atoms with E-state index >= 15 is 0 Å². The Bertz CT molecular complexity index is 306. The first kappa shape index (κ1) is 5.35. The van der Waals surface area contributed by atoms with Crippen LogP contribution in [-0.2, 0) is 0 Å². The maximum absolute atomic E-state index is 2.97. The molecule has 2 heteroatoms. The first-order chi connectivity index (χ1) is 4.97. The largest absolute Gasteiger partial charge is 0.307 e. The van der Waals surface area contributed by atoms with Gasteiger partial charge in [-0.1, -0.05) is 24.3 Å². The normalized spacial score (nSPS) is 13.2. The second kappa shape index (κ2) is 2.06.